The number of non-ortho nitro benzene ring substituents is 1. The fraction of sp³-hybridized carbons (Fsp3) is 0.222. The molecule has 2 aromatic carbocycles. The summed E-state index contributed by atoms with van der Waals surface area (Å²) in [5.74, 6) is -1.08. The molecule has 1 atom stereocenters. The zero-order chi connectivity index (χ0) is 17.9. The van der Waals surface area contributed by atoms with Crippen LogP contribution in [0.1, 0.15) is 38.8 Å². The molecule has 0 bridgehead atoms. The van der Waals surface area contributed by atoms with Gasteiger partial charge in [0.25, 0.3) is 5.69 Å². The van der Waals surface area contributed by atoms with Gasteiger partial charge < -0.3 is 4.74 Å². The molecule has 0 saturated carbocycles. The molecule has 0 N–H and O–H groups in total. The second-order valence-electron chi connectivity index (χ2n) is 5.54. The lowest BCUT2D eigenvalue weighted by atomic mass is 9.99. The summed E-state index contributed by atoms with van der Waals surface area (Å²) in [6.45, 7) is 5.16. The van der Waals surface area contributed by atoms with E-state index < -0.39 is 17.0 Å². The number of ether oxygens (including phenoxy) is 1. The third kappa shape index (κ3) is 3.84. The molecule has 0 aliphatic rings. The third-order valence-corrected chi connectivity index (χ3v) is 3.60. The first kappa shape index (κ1) is 17.3. The summed E-state index contributed by atoms with van der Waals surface area (Å²) in [5.41, 5.74) is 2.04. The van der Waals surface area contributed by atoms with Gasteiger partial charge in [-0.15, -0.1) is 0 Å². The predicted octanol–water partition coefficient (Wildman–Crippen LogP) is 3.64. The summed E-state index contributed by atoms with van der Waals surface area (Å²) in [6.07, 6.45) is -0.989. The molecule has 0 amide bonds. The summed E-state index contributed by atoms with van der Waals surface area (Å²) in [5, 5.41) is 10.8. The molecule has 24 heavy (non-hydrogen) atoms. The number of carbonyl (C=O) groups excluding carboxylic acids is 2. The highest BCUT2D eigenvalue weighted by atomic mass is 16.6. The number of aryl methyl sites for hydroxylation is 2. The van der Waals surface area contributed by atoms with Crippen molar-refractivity contribution >= 4 is 17.4 Å². The van der Waals surface area contributed by atoms with Crippen LogP contribution < -0.4 is 0 Å². The molecule has 0 spiro atoms. The zero-order valence-electron chi connectivity index (χ0n) is 13.6. The van der Waals surface area contributed by atoms with Crippen molar-refractivity contribution in [3.8, 4) is 0 Å². The largest absolute Gasteiger partial charge is 0.451 e. The second kappa shape index (κ2) is 7.04. The lowest BCUT2D eigenvalue weighted by Crippen LogP contribution is -2.25. The van der Waals surface area contributed by atoms with E-state index in [9.17, 15) is 19.7 Å². The van der Waals surface area contributed by atoms with Gasteiger partial charge in [0.15, 0.2) is 6.10 Å². The quantitative estimate of drug-likeness (QED) is 0.362. The van der Waals surface area contributed by atoms with Crippen LogP contribution in [0.3, 0.4) is 0 Å². The molecule has 2 rings (SSSR count). The number of carbonyl (C=O) groups is 2. The van der Waals surface area contributed by atoms with Crippen molar-refractivity contribution < 1.29 is 19.2 Å². The minimum atomic E-state index is -0.989. The average molecular weight is 327 g/mol. The number of nitro groups is 1. The molecule has 0 aromatic heterocycles. The number of benzene rings is 2. The van der Waals surface area contributed by atoms with E-state index in [1.807, 2.05) is 26.0 Å². The zero-order valence-corrected chi connectivity index (χ0v) is 13.6. The number of hydrogen-bond acceptors (Lipinski definition) is 5. The highest BCUT2D eigenvalue weighted by molar-refractivity contribution is 6.02. The van der Waals surface area contributed by atoms with Gasteiger partial charge in [0.2, 0.25) is 5.78 Å². The standard InChI is InChI=1S/C18H17NO5/c1-11-7-8-12(2)16(9-11)17(20)13(3)24-18(21)14-5-4-6-15(10-14)19(22)23/h4-10,13H,1-3H3/t13-/m0/s1. The lowest BCUT2D eigenvalue weighted by molar-refractivity contribution is -0.384. The maximum absolute atomic E-state index is 12.5. The Balaban J connectivity index is 2.16. The maximum Gasteiger partial charge on any atom is 0.339 e. The molecular formula is C18H17NO5. The predicted molar refractivity (Wildman–Crippen MR) is 88.2 cm³/mol. The molecule has 124 valence electrons. The number of ketones is 1. The smallest absolute Gasteiger partial charge is 0.339 e. The SMILES string of the molecule is Cc1ccc(C)c(C(=O)[C@H](C)OC(=O)c2cccc([N+](=O)[O-])c2)c1. The van der Waals surface area contributed by atoms with Crippen LogP contribution in [-0.4, -0.2) is 22.8 Å². The van der Waals surface area contributed by atoms with Crippen LogP contribution in [-0.2, 0) is 4.74 Å². The highest BCUT2D eigenvalue weighted by Gasteiger charge is 2.22. The van der Waals surface area contributed by atoms with E-state index in [-0.39, 0.29) is 17.0 Å². The van der Waals surface area contributed by atoms with Gasteiger partial charge >= 0.3 is 5.97 Å². The summed E-state index contributed by atoms with van der Waals surface area (Å²) >= 11 is 0. The Morgan fingerprint density at radius 3 is 2.50 bits per heavy atom. The van der Waals surface area contributed by atoms with Crippen LogP contribution in [0.5, 0.6) is 0 Å². The van der Waals surface area contributed by atoms with Crippen molar-refractivity contribution in [3.63, 3.8) is 0 Å². The Hall–Kier alpha value is -3.02. The monoisotopic (exact) mass is 327 g/mol. The van der Waals surface area contributed by atoms with Crippen LogP contribution in [0.15, 0.2) is 42.5 Å². The van der Waals surface area contributed by atoms with E-state index in [4.69, 9.17) is 4.74 Å². The first-order valence-electron chi connectivity index (χ1n) is 7.36. The summed E-state index contributed by atoms with van der Waals surface area (Å²) < 4.78 is 5.17. The van der Waals surface area contributed by atoms with E-state index >= 15 is 0 Å². The Kier molecular flexibility index (Phi) is 5.08. The fourth-order valence-corrected chi connectivity index (χ4v) is 2.25. The minimum Gasteiger partial charge on any atom is -0.451 e. The van der Waals surface area contributed by atoms with Crippen molar-refractivity contribution in [1.82, 2.24) is 0 Å². The van der Waals surface area contributed by atoms with E-state index in [0.29, 0.717) is 5.56 Å². The summed E-state index contributed by atoms with van der Waals surface area (Å²) in [7, 11) is 0. The first-order valence-corrected chi connectivity index (χ1v) is 7.36. The normalized spacial score (nSPS) is 11.6. The topological polar surface area (TPSA) is 86.5 Å². The molecule has 2 aromatic rings. The Labute approximate surface area is 139 Å². The third-order valence-electron chi connectivity index (χ3n) is 3.60. The number of rotatable bonds is 5. The van der Waals surface area contributed by atoms with E-state index in [1.165, 1.54) is 25.1 Å². The second-order valence-corrected chi connectivity index (χ2v) is 5.54. The van der Waals surface area contributed by atoms with Gasteiger partial charge in [-0.3, -0.25) is 14.9 Å². The molecular weight excluding hydrogens is 310 g/mol. The number of esters is 1. The van der Waals surface area contributed by atoms with Crippen LogP contribution in [0.4, 0.5) is 5.69 Å². The molecule has 0 heterocycles. The van der Waals surface area contributed by atoms with E-state index in [2.05, 4.69) is 0 Å². The van der Waals surface area contributed by atoms with E-state index in [1.54, 1.807) is 6.07 Å². The first-order chi connectivity index (χ1) is 11.3. The molecule has 6 heteroatoms. The van der Waals surface area contributed by atoms with Crippen LogP contribution in [0, 0.1) is 24.0 Å². The lowest BCUT2D eigenvalue weighted by Gasteiger charge is -2.14. The van der Waals surface area contributed by atoms with Gasteiger partial charge in [0, 0.05) is 17.7 Å². The van der Waals surface area contributed by atoms with Crippen LogP contribution in [0.2, 0.25) is 0 Å². The number of Topliss-reactive ketones (excluding diaryl/α,β-unsaturated/α-hetero) is 1. The van der Waals surface area contributed by atoms with Crippen molar-refractivity contribution in [2.75, 3.05) is 0 Å². The number of hydrogen-bond donors (Lipinski definition) is 0. The molecule has 0 aliphatic carbocycles. The Bertz CT molecular complexity index is 813. The van der Waals surface area contributed by atoms with Crippen LogP contribution in [0.25, 0.3) is 0 Å². The number of nitrogens with zero attached hydrogens (tertiary/aromatic N) is 1. The van der Waals surface area contributed by atoms with Crippen molar-refractivity contribution in [1.29, 1.82) is 0 Å². The van der Waals surface area contributed by atoms with Gasteiger partial charge in [-0.05, 0) is 38.5 Å². The summed E-state index contributed by atoms with van der Waals surface area (Å²) in [6, 6.07) is 10.7. The molecule has 0 fully saturated rings. The van der Waals surface area contributed by atoms with Gasteiger partial charge in [-0.25, -0.2) is 4.79 Å². The number of nitro benzene ring substituents is 1. The van der Waals surface area contributed by atoms with Crippen molar-refractivity contribution in [2.24, 2.45) is 0 Å². The Morgan fingerprint density at radius 2 is 1.83 bits per heavy atom. The van der Waals surface area contributed by atoms with Gasteiger partial charge in [-0.1, -0.05) is 23.8 Å². The molecule has 0 unspecified atom stereocenters. The van der Waals surface area contributed by atoms with E-state index in [0.717, 1.165) is 17.2 Å². The minimum absolute atomic E-state index is 0.0322. The molecule has 0 radical (unpaired) electrons. The fourth-order valence-electron chi connectivity index (χ4n) is 2.25. The Morgan fingerprint density at radius 1 is 1.12 bits per heavy atom. The highest BCUT2D eigenvalue weighted by Crippen LogP contribution is 2.17. The molecule has 6 nitrogen and oxygen atoms in total. The summed E-state index contributed by atoms with van der Waals surface area (Å²) in [4.78, 5) is 34.8. The maximum atomic E-state index is 12.5. The van der Waals surface area contributed by atoms with Gasteiger partial charge in [0.1, 0.15) is 0 Å². The molecule has 0 saturated heterocycles. The van der Waals surface area contributed by atoms with Gasteiger partial charge in [0.05, 0.1) is 10.5 Å². The average Bonchev–Trinajstić information content (AvgIpc) is 2.56. The van der Waals surface area contributed by atoms with Gasteiger partial charge in [-0.2, -0.15) is 0 Å². The van der Waals surface area contributed by atoms with Crippen molar-refractivity contribution in [2.45, 2.75) is 26.9 Å². The molecule has 0 aliphatic heterocycles. The van der Waals surface area contributed by atoms with Crippen LogP contribution >= 0.6 is 0 Å². The van der Waals surface area contributed by atoms with Crippen molar-refractivity contribution in [3.05, 3.63) is 74.8 Å².